The average molecular weight is 327 g/mol. The van der Waals surface area contributed by atoms with E-state index in [9.17, 15) is 22.8 Å². The summed E-state index contributed by atoms with van der Waals surface area (Å²) in [4.78, 5) is 22.6. The number of hydrogen-bond acceptors (Lipinski definition) is 3. The van der Waals surface area contributed by atoms with Crippen LogP contribution in [0.4, 0.5) is 29.3 Å². The number of primary amides is 1. The van der Waals surface area contributed by atoms with Gasteiger partial charge in [0.2, 0.25) is 5.91 Å². The lowest BCUT2D eigenvalue weighted by Gasteiger charge is -2.08. The number of benzene rings is 1. The van der Waals surface area contributed by atoms with Gasteiger partial charge >= 0.3 is 12.2 Å². The van der Waals surface area contributed by atoms with Gasteiger partial charge in [-0.05, 0) is 24.3 Å². The van der Waals surface area contributed by atoms with E-state index < -0.39 is 23.8 Å². The zero-order valence-corrected chi connectivity index (χ0v) is 11.6. The van der Waals surface area contributed by atoms with Gasteiger partial charge in [-0.2, -0.15) is 18.3 Å². The largest absolute Gasteiger partial charge is 0.435 e. The molecule has 0 aliphatic rings. The quantitative estimate of drug-likeness (QED) is 0.800. The van der Waals surface area contributed by atoms with Crippen molar-refractivity contribution in [2.75, 3.05) is 10.6 Å². The van der Waals surface area contributed by atoms with Crippen molar-refractivity contribution in [1.29, 1.82) is 0 Å². The van der Waals surface area contributed by atoms with Crippen LogP contribution in [0.2, 0.25) is 0 Å². The van der Waals surface area contributed by atoms with Crippen LogP contribution in [-0.4, -0.2) is 21.7 Å². The molecule has 10 heteroatoms. The summed E-state index contributed by atoms with van der Waals surface area (Å²) in [5, 5.41) is 8.09. The summed E-state index contributed by atoms with van der Waals surface area (Å²) in [6.45, 7) is -0.385. The van der Waals surface area contributed by atoms with Crippen molar-refractivity contribution in [1.82, 2.24) is 9.78 Å². The predicted molar refractivity (Wildman–Crippen MR) is 75.5 cm³/mol. The van der Waals surface area contributed by atoms with Crippen molar-refractivity contribution in [2.45, 2.75) is 12.7 Å². The monoisotopic (exact) mass is 327 g/mol. The number of hydrogen-bond donors (Lipinski definition) is 3. The summed E-state index contributed by atoms with van der Waals surface area (Å²) in [5.41, 5.74) is 4.62. The highest BCUT2D eigenvalue weighted by atomic mass is 19.4. The molecule has 1 heterocycles. The highest BCUT2D eigenvalue weighted by Gasteiger charge is 2.33. The molecule has 0 saturated carbocycles. The van der Waals surface area contributed by atoms with E-state index in [2.05, 4.69) is 15.7 Å². The molecule has 7 nitrogen and oxygen atoms in total. The van der Waals surface area contributed by atoms with Crippen molar-refractivity contribution in [3.05, 3.63) is 42.2 Å². The van der Waals surface area contributed by atoms with Crippen LogP contribution < -0.4 is 16.4 Å². The van der Waals surface area contributed by atoms with Crippen molar-refractivity contribution in [3.8, 4) is 0 Å². The minimum absolute atomic E-state index is 0.351. The lowest BCUT2D eigenvalue weighted by Crippen LogP contribution is -2.21. The first kappa shape index (κ1) is 16.3. The SMILES string of the molecule is NC(=O)Nc1cccc(NC(=O)Cn2ccc(C(F)(F)F)n2)c1. The summed E-state index contributed by atoms with van der Waals surface area (Å²) in [6, 6.07) is 6.15. The van der Waals surface area contributed by atoms with Gasteiger partial charge in [0.15, 0.2) is 5.69 Å². The molecule has 0 radical (unpaired) electrons. The Kier molecular flexibility index (Phi) is 4.53. The molecule has 0 atom stereocenters. The fourth-order valence-electron chi connectivity index (χ4n) is 1.77. The molecule has 0 saturated heterocycles. The summed E-state index contributed by atoms with van der Waals surface area (Å²) in [7, 11) is 0. The Bertz CT molecular complexity index is 726. The Morgan fingerprint density at radius 3 is 2.39 bits per heavy atom. The average Bonchev–Trinajstić information content (AvgIpc) is 2.86. The number of rotatable bonds is 4. The highest BCUT2D eigenvalue weighted by Crippen LogP contribution is 2.27. The molecular formula is C13H12F3N5O2. The van der Waals surface area contributed by atoms with Gasteiger partial charge in [-0.25, -0.2) is 4.79 Å². The molecule has 1 aromatic heterocycles. The van der Waals surface area contributed by atoms with Crippen molar-refractivity contribution in [3.63, 3.8) is 0 Å². The van der Waals surface area contributed by atoms with Crippen LogP contribution in [0.25, 0.3) is 0 Å². The molecule has 4 N–H and O–H groups in total. The Morgan fingerprint density at radius 1 is 1.17 bits per heavy atom. The number of nitrogens with two attached hydrogens (primary N) is 1. The van der Waals surface area contributed by atoms with Gasteiger partial charge in [0.1, 0.15) is 6.54 Å². The number of halogens is 3. The van der Waals surface area contributed by atoms with Gasteiger partial charge in [-0.1, -0.05) is 6.07 Å². The molecule has 0 spiro atoms. The Labute approximate surface area is 128 Å². The van der Waals surface area contributed by atoms with E-state index >= 15 is 0 Å². The zero-order valence-electron chi connectivity index (χ0n) is 11.6. The number of amides is 3. The summed E-state index contributed by atoms with van der Waals surface area (Å²) >= 11 is 0. The van der Waals surface area contributed by atoms with E-state index in [0.29, 0.717) is 11.4 Å². The molecule has 0 unspecified atom stereocenters. The van der Waals surface area contributed by atoms with E-state index in [-0.39, 0.29) is 6.54 Å². The van der Waals surface area contributed by atoms with E-state index in [0.717, 1.165) is 16.9 Å². The van der Waals surface area contributed by atoms with E-state index in [1.807, 2.05) is 0 Å². The van der Waals surface area contributed by atoms with Gasteiger partial charge in [0.05, 0.1) is 0 Å². The fourth-order valence-corrected chi connectivity index (χ4v) is 1.77. The molecular weight excluding hydrogens is 315 g/mol. The van der Waals surface area contributed by atoms with Crippen molar-refractivity contribution in [2.24, 2.45) is 5.73 Å². The van der Waals surface area contributed by atoms with Gasteiger partial charge in [0, 0.05) is 17.6 Å². The van der Waals surface area contributed by atoms with Crippen LogP contribution in [0.3, 0.4) is 0 Å². The molecule has 2 rings (SSSR count). The van der Waals surface area contributed by atoms with E-state index in [1.165, 1.54) is 6.07 Å². The minimum Gasteiger partial charge on any atom is -0.351 e. The Balaban J connectivity index is 1.99. The lowest BCUT2D eigenvalue weighted by molar-refractivity contribution is -0.141. The summed E-state index contributed by atoms with van der Waals surface area (Å²) in [6.07, 6.45) is -3.50. The van der Waals surface area contributed by atoms with E-state index in [4.69, 9.17) is 5.73 Å². The maximum atomic E-state index is 12.4. The van der Waals surface area contributed by atoms with Gasteiger partial charge in [0.25, 0.3) is 0 Å². The van der Waals surface area contributed by atoms with Gasteiger partial charge in [-0.15, -0.1) is 0 Å². The van der Waals surface area contributed by atoms with Crippen LogP contribution in [0.15, 0.2) is 36.5 Å². The van der Waals surface area contributed by atoms with Crippen LogP contribution in [-0.2, 0) is 17.5 Å². The molecule has 0 fully saturated rings. The number of aromatic nitrogens is 2. The normalized spacial score (nSPS) is 11.1. The first-order chi connectivity index (χ1) is 10.7. The number of anilines is 2. The second kappa shape index (κ2) is 6.38. The molecule has 1 aromatic carbocycles. The standard InChI is InChI=1S/C13H12F3N5O2/c14-13(15,16)10-4-5-21(20-10)7-11(22)18-8-2-1-3-9(6-8)19-12(17)23/h1-6H,7H2,(H,18,22)(H3,17,19,23). The molecule has 0 aliphatic heterocycles. The van der Waals surface area contributed by atoms with Crippen LogP contribution in [0.1, 0.15) is 5.69 Å². The van der Waals surface area contributed by atoms with Gasteiger partial charge < -0.3 is 16.4 Å². The number of nitrogens with zero attached hydrogens (tertiary/aromatic N) is 2. The van der Waals surface area contributed by atoms with Gasteiger partial charge in [-0.3, -0.25) is 9.48 Å². The third-order valence-corrected chi connectivity index (χ3v) is 2.65. The molecule has 23 heavy (non-hydrogen) atoms. The second-order valence-corrected chi connectivity index (χ2v) is 4.51. The highest BCUT2D eigenvalue weighted by molar-refractivity contribution is 5.92. The third-order valence-electron chi connectivity index (χ3n) is 2.65. The number of carbonyl (C=O) groups is 2. The molecule has 3 amide bonds. The topological polar surface area (TPSA) is 102 Å². The van der Waals surface area contributed by atoms with E-state index in [1.54, 1.807) is 18.2 Å². The summed E-state index contributed by atoms with van der Waals surface area (Å²) in [5.74, 6) is -0.571. The molecule has 0 bridgehead atoms. The van der Waals surface area contributed by atoms with Crippen LogP contribution in [0.5, 0.6) is 0 Å². The maximum Gasteiger partial charge on any atom is 0.435 e. The first-order valence-corrected chi connectivity index (χ1v) is 6.31. The smallest absolute Gasteiger partial charge is 0.351 e. The number of nitrogens with one attached hydrogen (secondary N) is 2. The minimum atomic E-state index is -4.56. The Morgan fingerprint density at radius 2 is 1.83 bits per heavy atom. The maximum absolute atomic E-state index is 12.4. The second-order valence-electron chi connectivity index (χ2n) is 4.51. The number of carbonyl (C=O) groups excluding carboxylic acids is 2. The molecule has 122 valence electrons. The zero-order chi connectivity index (χ0) is 17.0. The number of urea groups is 1. The van der Waals surface area contributed by atoms with Crippen molar-refractivity contribution >= 4 is 23.3 Å². The third kappa shape index (κ3) is 4.73. The first-order valence-electron chi connectivity index (χ1n) is 6.31. The molecule has 2 aromatic rings. The Hall–Kier alpha value is -3.04. The lowest BCUT2D eigenvalue weighted by atomic mass is 10.2. The van der Waals surface area contributed by atoms with Crippen LogP contribution >= 0.6 is 0 Å². The summed E-state index contributed by atoms with van der Waals surface area (Å²) < 4.78 is 38.1. The number of alkyl halides is 3. The van der Waals surface area contributed by atoms with Crippen LogP contribution in [0, 0.1) is 0 Å². The predicted octanol–water partition coefficient (Wildman–Crippen LogP) is 2.03. The van der Waals surface area contributed by atoms with Crippen molar-refractivity contribution < 1.29 is 22.8 Å². The molecule has 0 aliphatic carbocycles. The fraction of sp³-hybridized carbons (Fsp3) is 0.154.